The van der Waals surface area contributed by atoms with Crippen molar-refractivity contribution >= 4 is 0 Å². The van der Waals surface area contributed by atoms with Crippen molar-refractivity contribution in [1.29, 1.82) is 0 Å². The monoisotopic (exact) mass is 231 g/mol. The van der Waals surface area contributed by atoms with E-state index in [4.69, 9.17) is 0 Å². The molecule has 0 bridgehead atoms. The zero-order chi connectivity index (χ0) is 12.1. The molecule has 1 nitrogen and oxygen atoms in total. The summed E-state index contributed by atoms with van der Waals surface area (Å²) in [6.07, 6.45) is 8.17. The van der Waals surface area contributed by atoms with Crippen LogP contribution in [0, 0.1) is 6.92 Å². The standard InChI is InChI=1S/C16H25N/c1-14-7-9-15(10-8-14)6-4-3-5-13-17(2)16-11-12-16/h7-10,16H,3-6,11-13H2,1-2H3. The molecule has 0 radical (unpaired) electrons. The van der Waals surface area contributed by atoms with Crippen molar-refractivity contribution in [3.05, 3.63) is 35.4 Å². The third-order valence-electron chi connectivity index (χ3n) is 3.77. The molecule has 1 aliphatic rings. The van der Waals surface area contributed by atoms with Crippen LogP contribution in [-0.2, 0) is 6.42 Å². The SMILES string of the molecule is Cc1ccc(CCCCCN(C)C2CC2)cc1. The number of hydrogen-bond donors (Lipinski definition) is 0. The van der Waals surface area contributed by atoms with Crippen LogP contribution >= 0.6 is 0 Å². The Balaban J connectivity index is 1.55. The molecule has 0 spiro atoms. The minimum Gasteiger partial charge on any atom is -0.303 e. The van der Waals surface area contributed by atoms with Crippen LogP contribution in [0.4, 0.5) is 0 Å². The Morgan fingerprint density at radius 2 is 1.76 bits per heavy atom. The summed E-state index contributed by atoms with van der Waals surface area (Å²) in [5.41, 5.74) is 2.85. The summed E-state index contributed by atoms with van der Waals surface area (Å²) in [6, 6.07) is 9.90. The summed E-state index contributed by atoms with van der Waals surface area (Å²) >= 11 is 0. The molecule has 0 amide bonds. The van der Waals surface area contributed by atoms with Crippen molar-refractivity contribution in [2.45, 2.75) is 51.5 Å². The summed E-state index contributed by atoms with van der Waals surface area (Å²) in [6.45, 7) is 3.44. The smallest absolute Gasteiger partial charge is 0.00933 e. The van der Waals surface area contributed by atoms with Crippen LogP contribution in [0.2, 0.25) is 0 Å². The number of unbranched alkanes of at least 4 members (excludes halogenated alkanes) is 2. The first-order valence-corrected chi connectivity index (χ1v) is 7.01. The fraction of sp³-hybridized carbons (Fsp3) is 0.625. The van der Waals surface area contributed by atoms with Gasteiger partial charge in [-0.05, 0) is 58.2 Å². The maximum atomic E-state index is 2.53. The highest BCUT2D eigenvalue weighted by Crippen LogP contribution is 2.25. The molecule has 1 aromatic rings. The van der Waals surface area contributed by atoms with Gasteiger partial charge in [0.1, 0.15) is 0 Å². The highest BCUT2D eigenvalue weighted by atomic mass is 15.1. The molecule has 1 aliphatic carbocycles. The highest BCUT2D eigenvalue weighted by molar-refractivity contribution is 5.21. The first-order valence-electron chi connectivity index (χ1n) is 7.01. The quantitative estimate of drug-likeness (QED) is 0.645. The Morgan fingerprint density at radius 3 is 2.41 bits per heavy atom. The van der Waals surface area contributed by atoms with E-state index in [1.54, 1.807) is 0 Å². The molecule has 0 heterocycles. The number of hydrogen-bond acceptors (Lipinski definition) is 1. The van der Waals surface area contributed by atoms with Crippen molar-refractivity contribution in [2.75, 3.05) is 13.6 Å². The Bertz CT molecular complexity index is 324. The molecule has 1 heteroatoms. The Labute approximate surface area is 106 Å². The third-order valence-corrected chi connectivity index (χ3v) is 3.77. The molecular formula is C16H25N. The average Bonchev–Trinajstić information content (AvgIpc) is 3.15. The molecule has 0 atom stereocenters. The van der Waals surface area contributed by atoms with Crippen LogP contribution in [0.15, 0.2) is 24.3 Å². The van der Waals surface area contributed by atoms with Crippen molar-refractivity contribution in [3.8, 4) is 0 Å². The Morgan fingerprint density at radius 1 is 1.06 bits per heavy atom. The van der Waals surface area contributed by atoms with E-state index in [-0.39, 0.29) is 0 Å². The van der Waals surface area contributed by atoms with E-state index in [2.05, 4.69) is 43.1 Å². The topological polar surface area (TPSA) is 3.24 Å². The molecule has 0 saturated heterocycles. The fourth-order valence-corrected chi connectivity index (χ4v) is 2.32. The van der Waals surface area contributed by atoms with Gasteiger partial charge < -0.3 is 4.90 Å². The van der Waals surface area contributed by atoms with Gasteiger partial charge in [0.2, 0.25) is 0 Å². The van der Waals surface area contributed by atoms with Gasteiger partial charge in [0.25, 0.3) is 0 Å². The highest BCUT2D eigenvalue weighted by Gasteiger charge is 2.25. The van der Waals surface area contributed by atoms with Crippen molar-refractivity contribution in [1.82, 2.24) is 4.90 Å². The number of nitrogens with zero attached hydrogens (tertiary/aromatic N) is 1. The van der Waals surface area contributed by atoms with Crippen LogP contribution in [0.5, 0.6) is 0 Å². The second-order valence-corrected chi connectivity index (χ2v) is 5.51. The van der Waals surface area contributed by atoms with E-state index in [0.717, 1.165) is 6.04 Å². The van der Waals surface area contributed by atoms with Crippen molar-refractivity contribution in [3.63, 3.8) is 0 Å². The lowest BCUT2D eigenvalue weighted by atomic mass is 10.1. The molecule has 17 heavy (non-hydrogen) atoms. The van der Waals surface area contributed by atoms with Gasteiger partial charge in [-0.3, -0.25) is 0 Å². The van der Waals surface area contributed by atoms with Gasteiger partial charge in [0.15, 0.2) is 0 Å². The molecule has 0 aromatic heterocycles. The van der Waals surface area contributed by atoms with Crippen LogP contribution in [0.1, 0.15) is 43.2 Å². The lowest BCUT2D eigenvalue weighted by Crippen LogP contribution is -2.21. The van der Waals surface area contributed by atoms with Crippen LogP contribution < -0.4 is 0 Å². The number of rotatable bonds is 7. The maximum absolute atomic E-state index is 2.53. The van der Waals surface area contributed by atoms with E-state index < -0.39 is 0 Å². The van der Waals surface area contributed by atoms with E-state index in [0.29, 0.717) is 0 Å². The second-order valence-electron chi connectivity index (χ2n) is 5.51. The molecule has 1 saturated carbocycles. The predicted octanol–water partition coefficient (Wildman–Crippen LogP) is 3.80. The minimum absolute atomic E-state index is 0.923. The molecule has 0 N–H and O–H groups in total. The van der Waals surface area contributed by atoms with Gasteiger partial charge in [0, 0.05) is 6.04 Å². The van der Waals surface area contributed by atoms with Crippen molar-refractivity contribution < 1.29 is 0 Å². The Kier molecular flexibility index (Phi) is 4.61. The van der Waals surface area contributed by atoms with E-state index in [1.165, 1.54) is 56.2 Å². The van der Waals surface area contributed by atoms with Gasteiger partial charge in [-0.1, -0.05) is 36.2 Å². The summed E-state index contributed by atoms with van der Waals surface area (Å²) in [5, 5.41) is 0. The molecule has 2 rings (SSSR count). The maximum Gasteiger partial charge on any atom is 0.00933 e. The lowest BCUT2D eigenvalue weighted by Gasteiger charge is -2.14. The molecule has 0 unspecified atom stereocenters. The fourth-order valence-electron chi connectivity index (χ4n) is 2.32. The second kappa shape index (κ2) is 6.20. The van der Waals surface area contributed by atoms with Gasteiger partial charge in [-0.25, -0.2) is 0 Å². The van der Waals surface area contributed by atoms with E-state index in [9.17, 15) is 0 Å². The van der Waals surface area contributed by atoms with Crippen LogP contribution in [0.3, 0.4) is 0 Å². The van der Waals surface area contributed by atoms with E-state index in [1.807, 2.05) is 0 Å². The summed E-state index contributed by atoms with van der Waals surface area (Å²) in [4.78, 5) is 2.53. The zero-order valence-corrected chi connectivity index (χ0v) is 11.3. The summed E-state index contributed by atoms with van der Waals surface area (Å²) < 4.78 is 0. The normalized spacial score (nSPS) is 15.5. The first-order chi connectivity index (χ1) is 8.25. The summed E-state index contributed by atoms with van der Waals surface area (Å²) in [5.74, 6) is 0. The molecule has 0 aliphatic heterocycles. The third kappa shape index (κ3) is 4.51. The Hall–Kier alpha value is -0.820. The summed E-state index contributed by atoms with van der Waals surface area (Å²) in [7, 11) is 2.28. The van der Waals surface area contributed by atoms with Gasteiger partial charge in [-0.15, -0.1) is 0 Å². The largest absolute Gasteiger partial charge is 0.303 e. The molecule has 1 aromatic carbocycles. The molecule has 1 fully saturated rings. The van der Waals surface area contributed by atoms with Gasteiger partial charge in [-0.2, -0.15) is 0 Å². The van der Waals surface area contributed by atoms with Crippen LogP contribution in [0.25, 0.3) is 0 Å². The molecule has 94 valence electrons. The van der Waals surface area contributed by atoms with Crippen LogP contribution in [-0.4, -0.2) is 24.5 Å². The number of aryl methyl sites for hydroxylation is 2. The predicted molar refractivity (Wildman–Crippen MR) is 74.4 cm³/mol. The lowest BCUT2D eigenvalue weighted by molar-refractivity contribution is 0.315. The average molecular weight is 231 g/mol. The van der Waals surface area contributed by atoms with Gasteiger partial charge >= 0.3 is 0 Å². The zero-order valence-electron chi connectivity index (χ0n) is 11.3. The molecular weight excluding hydrogens is 206 g/mol. The van der Waals surface area contributed by atoms with Crippen molar-refractivity contribution in [2.24, 2.45) is 0 Å². The first kappa shape index (κ1) is 12.6. The minimum atomic E-state index is 0.923. The van der Waals surface area contributed by atoms with E-state index >= 15 is 0 Å². The number of benzene rings is 1. The van der Waals surface area contributed by atoms with Gasteiger partial charge in [0.05, 0.1) is 0 Å².